The minimum atomic E-state index is -0.909. The second-order valence-corrected chi connectivity index (χ2v) is 6.97. The molecule has 2 aromatic rings. The van der Waals surface area contributed by atoms with Crippen LogP contribution in [0, 0.1) is 5.92 Å². The first-order valence-corrected chi connectivity index (χ1v) is 8.99. The van der Waals surface area contributed by atoms with E-state index in [0.717, 1.165) is 22.0 Å². The Morgan fingerprint density at radius 1 is 1.08 bits per heavy atom. The van der Waals surface area contributed by atoms with Crippen LogP contribution in [0.3, 0.4) is 0 Å². The van der Waals surface area contributed by atoms with Crippen molar-refractivity contribution in [2.45, 2.75) is 38.9 Å². The Morgan fingerprint density at radius 2 is 1.67 bits per heavy atom. The molecule has 3 atom stereocenters. The number of benzene rings is 2. The monoisotopic (exact) mass is 390 g/mol. The maximum absolute atomic E-state index is 11.7. The molecule has 0 saturated heterocycles. The van der Waals surface area contributed by atoms with E-state index in [9.17, 15) is 9.90 Å². The first-order chi connectivity index (χ1) is 11.5. The molecule has 0 saturated carbocycles. The first kappa shape index (κ1) is 18.7. The largest absolute Gasteiger partial charge is 0.479 e. The summed E-state index contributed by atoms with van der Waals surface area (Å²) in [6.07, 6.45) is 0.214. The van der Waals surface area contributed by atoms with Gasteiger partial charge in [0.2, 0.25) is 0 Å². The number of aliphatic carboxylic acids is 1. The molecule has 0 aliphatic rings. The highest BCUT2D eigenvalue weighted by Gasteiger charge is 2.26. The predicted molar refractivity (Wildman–Crippen MR) is 99.0 cm³/mol. The van der Waals surface area contributed by atoms with Gasteiger partial charge in [0, 0.05) is 4.47 Å². The average molecular weight is 391 g/mol. The van der Waals surface area contributed by atoms with Crippen LogP contribution in [0.25, 0.3) is 0 Å². The van der Waals surface area contributed by atoms with Gasteiger partial charge in [0.05, 0.1) is 0 Å². The van der Waals surface area contributed by atoms with Crippen LogP contribution in [0.15, 0.2) is 59.1 Å². The standard InChI is InChI=1S/C20H23BrO3/c1-3-14(2)13-18(20(22)23)24-19(15-7-5-4-6-8-15)16-9-11-17(21)12-10-16/h4-12,14,18-19H,3,13H2,1-2H3,(H,22,23)/t14?,18-,19?/m0/s1. The van der Waals surface area contributed by atoms with Gasteiger partial charge < -0.3 is 9.84 Å². The summed E-state index contributed by atoms with van der Waals surface area (Å²) in [6, 6.07) is 17.6. The zero-order chi connectivity index (χ0) is 17.5. The zero-order valence-electron chi connectivity index (χ0n) is 14.0. The molecule has 0 radical (unpaired) electrons. The van der Waals surface area contributed by atoms with Gasteiger partial charge in [-0.25, -0.2) is 4.79 Å². The van der Waals surface area contributed by atoms with Crippen molar-refractivity contribution < 1.29 is 14.6 Å². The Hall–Kier alpha value is -1.65. The second-order valence-electron chi connectivity index (χ2n) is 6.05. The average Bonchev–Trinajstić information content (AvgIpc) is 2.59. The molecule has 24 heavy (non-hydrogen) atoms. The third kappa shape index (κ3) is 5.18. The van der Waals surface area contributed by atoms with E-state index in [-0.39, 0.29) is 0 Å². The molecule has 0 aliphatic heterocycles. The van der Waals surface area contributed by atoms with E-state index in [1.165, 1.54) is 0 Å². The molecular formula is C20H23BrO3. The minimum absolute atomic E-state index is 0.299. The normalized spacial score (nSPS) is 14.8. The molecule has 0 bridgehead atoms. The Labute approximate surface area is 151 Å². The highest BCUT2D eigenvalue weighted by Crippen LogP contribution is 2.30. The minimum Gasteiger partial charge on any atom is -0.479 e. The molecule has 1 N–H and O–H groups in total. The molecule has 2 aromatic carbocycles. The summed E-state index contributed by atoms with van der Waals surface area (Å²) >= 11 is 3.43. The summed E-state index contributed by atoms with van der Waals surface area (Å²) in [6.45, 7) is 4.11. The summed E-state index contributed by atoms with van der Waals surface area (Å²) in [4.78, 5) is 11.7. The van der Waals surface area contributed by atoms with E-state index < -0.39 is 18.2 Å². The van der Waals surface area contributed by atoms with Crippen LogP contribution >= 0.6 is 15.9 Å². The van der Waals surface area contributed by atoms with Crippen molar-refractivity contribution >= 4 is 21.9 Å². The maximum Gasteiger partial charge on any atom is 0.332 e. The predicted octanol–water partition coefficient (Wildman–Crippen LogP) is 5.44. The number of hydrogen-bond acceptors (Lipinski definition) is 2. The van der Waals surface area contributed by atoms with Crippen molar-refractivity contribution in [2.24, 2.45) is 5.92 Å². The van der Waals surface area contributed by atoms with Crippen molar-refractivity contribution in [1.82, 2.24) is 0 Å². The molecule has 2 rings (SSSR count). The number of halogens is 1. The summed E-state index contributed by atoms with van der Waals surface area (Å²) in [5.41, 5.74) is 1.90. The fraction of sp³-hybridized carbons (Fsp3) is 0.350. The van der Waals surface area contributed by atoms with Gasteiger partial charge in [0.15, 0.2) is 6.10 Å². The van der Waals surface area contributed by atoms with E-state index >= 15 is 0 Å². The molecule has 0 fully saturated rings. The number of carboxylic acids is 1. The number of hydrogen-bond donors (Lipinski definition) is 1. The third-order valence-electron chi connectivity index (χ3n) is 4.16. The molecule has 3 nitrogen and oxygen atoms in total. The second kappa shape index (κ2) is 9.00. The number of carboxylic acid groups (broad SMARTS) is 1. The molecular weight excluding hydrogens is 368 g/mol. The Kier molecular flexibility index (Phi) is 7.00. The van der Waals surface area contributed by atoms with Crippen LogP contribution in [0.2, 0.25) is 0 Å². The SMILES string of the molecule is CCC(C)C[C@H](OC(c1ccccc1)c1ccc(Br)cc1)C(=O)O. The van der Waals surface area contributed by atoms with Gasteiger partial charge in [-0.3, -0.25) is 0 Å². The fourth-order valence-electron chi connectivity index (χ4n) is 2.53. The van der Waals surface area contributed by atoms with Crippen LogP contribution in [0.4, 0.5) is 0 Å². The highest BCUT2D eigenvalue weighted by molar-refractivity contribution is 9.10. The fourth-order valence-corrected chi connectivity index (χ4v) is 2.79. The van der Waals surface area contributed by atoms with Gasteiger partial charge in [-0.05, 0) is 35.6 Å². The lowest BCUT2D eigenvalue weighted by Gasteiger charge is -2.25. The van der Waals surface area contributed by atoms with Gasteiger partial charge in [0.1, 0.15) is 6.10 Å². The van der Waals surface area contributed by atoms with Crippen LogP contribution in [-0.2, 0) is 9.53 Å². The summed E-state index contributed by atoms with van der Waals surface area (Å²) in [5, 5.41) is 9.57. The molecule has 0 aliphatic carbocycles. The van der Waals surface area contributed by atoms with Crippen molar-refractivity contribution in [1.29, 1.82) is 0 Å². The van der Waals surface area contributed by atoms with E-state index in [2.05, 4.69) is 29.8 Å². The van der Waals surface area contributed by atoms with Crippen LogP contribution in [0.1, 0.15) is 43.9 Å². The van der Waals surface area contributed by atoms with Gasteiger partial charge in [-0.15, -0.1) is 0 Å². The van der Waals surface area contributed by atoms with E-state index in [0.29, 0.717) is 12.3 Å². The number of rotatable bonds is 8. The number of ether oxygens (including phenoxy) is 1. The Morgan fingerprint density at radius 3 is 2.21 bits per heavy atom. The molecule has 0 aromatic heterocycles. The van der Waals surface area contributed by atoms with E-state index in [1.807, 2.05) is 54.6 Å². The van der Waals surface area contributed by atoms with Crippen LogP contribution in [0.5, 0.6) is 0 Å². The zero-order valence-corrected chi connectivity index (χ0v) is 15.6. The highest BCUT2D eigenvalue weighted by atomic mass is 79.9. The van der Waals surface area contributed by atoms with Crippen molar-refractivity contribution in [3.63, 3.8) is 0 Å². The van der Waals surface area contributed by atoms with Gasteiger partial charge >= 0.3 is 5.97 Å². The molecule has 0 amide bonds. The first-order valence-electron chi connectivity index (χ1n) is 8.20. The third-order valence-corrected chi connectivity index (χ3v) is 4.69. The lowest BCUT2D eigenvalue weighted by molar-refractivity contribution is -0.154. The molecule has 2 unspecified atom stereocenters. The number of carbonyl (C=O) groups is 1. The van der Waals surface area contributed by atoms with Gasteiger partial charge in [0.25, 0.3) is 0 Å². The molecule has 128 valence electrons. The molecule has 4 heteroatoms. The van der Waals surface area contributed by atoms with Crippen molar-refractivity contribution in [2.75, 3.05) is 0 Å². The van der Waals surface area contributed by atoms with E-state index in [1.54, 1.807) is 0 Å². The molecule has 0 heterocycles. The Bertz CT molecular complexity index is 640. The summed E-state index contributed by atoms with van der Waals surface area (Å²) in [7, 11) is 0. The summed E-state index contributed by atoms with van der Waals surface area (Å²) in [5.74, 6) is -0.610. The van der Waals surface area contributed by atoms with Gasteiger partial charge in [-0.1, -0.05) is 78.7 Å². The van der Waals surface area contributed by atoms with Gasteiger partial charge in [-0.2, -0.15) is 0 Å². The lowest BCUT2D eigenvalue weighted by Crippen LogP contribution is -2.28. The topological polar surface area (TPSA) is 46.5 Å². The van der Waals surface area contributed by atoms with Crippen molar-refractivity contribution in [3.8, 4) is 0 Å². The smallest absolute Gasteiger partial charge is 0.332 e. The molecule has 0 spiro atoms. The Balaban J connectivity index is 2.31. The quantitative estimate of drug-likeness (QED) is 0.651. The van der Waals surface area contributed by atoms with Crippen molar-refractivity contribution in [3.05, 3.63) is 70.2 Å². The summed E-state index contributed by atoms with van der Waals surface area (Å²) < 4.78 is 7.06. The van der Waals surface area contributed by atoms with Crippen LogP contribution < -0.4 is 0 Å². The van der Waals surface area contributed by atoms with Crippen LogP contribution in [-0.4, -0.2) is 17.2 Å². The maximum atomic E-state index is 11.7. The van der Waals surface area contributed by atoms with E-state index in [4.69, 9.17) is 4.74 Å². The lowest BCUT2D eigenvalue weighted by atomic mass is 9.98.